The smallest absolute Gasteiger partial charge is 0.288 e. The molecule has 3 rings (SSSR count). The number of thioether (sulfide) groups is 1. The summed E-state index contributed by atoms with van der Waals surface area (Å²) in [6.45, 7) is 2.12. The molecule has 0 aliphatic heterocycles. The highest BCUT2D eigenvalue weighted by Gasteiger charge is 2.19. The van der Waals surface area contributed by atoms with E-state index in [2.05, 4.69) is 10.3 Å². The maximum atomic E-state index is 12.7. The van der Waals surface area contributed by atoms with Gasteiger partial charge in [-0.15, -0.1) is 11.3 Å². The number of fused-ring (bicyclic) bond motifs is 1. The Labute approximate surface area is 164 Å². The first-order chi connectivity index (χ1) is 12.9. The molecule has 0 aliphatic carbocycles. The number of benzene rings is 2. The van der Waals surface area contributed by atoms with Gasteiger partial charge in [0.15, 0.2) is 0 Å². The first-order valence-corrected chi connectivity index (χ1v) is 10.0. The molecule has 0 aliphatic rings. The van der Waals surface area contributed by atoms with E-state index in [9.17, 15) is 13.6 Å². The van der Waals surface area contributed by atoms with Crippen LogP contribution in [0.2, 0.25) is 0 Å². The van der Waals surface area contributed by atoms with Gasteiger partial charge < -0.3 is 5.32 Å². The van der Waals surface area contributed by atoms with Crippen molar-refractivity contribution in [1.82, 2.24) is 9.88 Å². The lowest BCUT2D eigenvalue weighted by Gasteiger charge is -2.22. The quantitative estimate of drug-likeness (QED) is 0.544. The van der Waals surface area contributed by atoms with Gasteiger partial charge in [-0.05, 0) is 38.2 Å². The summed E-state index contributed by atoms with van der Waals surface area (Å²) in [5.74, 6) is -2.79. The lowest BCUT2D eigenvalue weighted by Crippen LogP contribution is -2.32. The van der Waals surface area contributed by atoms with Crippen LogP contribution in [-0.2, 0) is 4.79 Å². The van der Waals surface area contributed by atoms with E-state index in [-0.39, 0.29) is 18.5 Å². The van der Waals surface area contributed by atoms with Gasteiger partial charge in [0.1, 0.15) is 5.01 Å². The molecule has 0 saturated carbocycles. The topological polar surface area (TPSA) is 45.2 Å². The lowest BCUT2D eigenvalue weighted by molar-refractivity contribution is -0.117. The largest absolute Gasteiger partial charge is 0.324 e. The monoisotopic (exact) mass is 407 g/mol. The predicted octanol–water partition coefficient (Wildman–Crippen LogP) is 5.24. The highest BCUT2D eigenvalue weighted by molar-refractivity contribution is 7.99. The van der Waals surface area contributed by atoms with E-state index in [1.165, 1.54) is 0 Å². The van der Waals surface area contributed by atoms with Gasteiger partial charge in [0.25, 0.3) is 5.76 Å². The Hall–Kier alpha value is -2.03. The number of halogens is 2. The van der Waals surface area contributed by atoms with Crippen LogP contribution >= 0.6 is 23.1 Å². The van der Waals surface area contributed by atoms with Crippen LogP contribution in [0.3, 0.4) is 0 Å². The molecule has 0 fully saturated rings. The molecule has 0 saturated heterocycles. The number of rotatable bonds is 7. The number of nitrogens with zero attached hydrogens (tertiary/aromatic N) is 2. The minimum atomic E-state index is -2.54. The number of aromatic nitrogens is 1. The van der Waals surface area contributed by atoms with E-state index in [1.54, 1.807) is 35.6 Å². The molecular weight excluding hydrogens is 388 g/mol. The zero-order valence-corrected chi connectivity index (χ0v) is 16.5. The van der Waals surface area contributed by atoms with E-state index in [1.807, 2.05) is 43.1 Å². The molecule has 0 radical (unpaired) electrons. The molecule has 1 heterocycles. The number of amides is 1. The lowest BCUT2D eigenvalue weighted by atomic mass is 10.3. The fourth-order valence-corrected chi connectivity index (χ4v) is 4.26. The van der Waals surface area contributed by atoms with Crippen LogP contribution in [0.1, 0.15) is 18.0 Å². The molecule has 1 atom stereocenters. The minimum Gasteiger partial charge on any atom is -0.324 e. The van der Waals surface area contributed by atoms with Gasteiger partial charge >= 0.3 is 0 Å². The van der Waals surface area contributed by atoms with Crippen molar-refractivity contribution in [2.24, 2.45) is 0 Å². The SMILES string of the molecule is C[C@@H](c1nc2ccccc2s1)N(C)CC(=O)Nc1ccccc1SC(F)F. The standard InChI is InChI=1S/C19H19F2N3OS2/c1-12(18-23-14-8-4-5-9-15(14)26-18)24(2)11-17(25)22-13-7-3-6-10-16(13)27-19(20)21/h3-10,12,19H,11H2,1-2H3,(H,22,25)/t12-/m0/s1. The van der Waals surface area contributed by atoms with E-state index in [4.69, 9.17) is 0 Å². The Kier molecular flexibility index (Phi) is 6.41. The number of alkyl halides is 2. The molecule has 142 valence electrons. The van der Waals surface area contributed by atoms with Gasteiger partial charge in [0, 0.05) is 4.90 Å². The molecule has 3 aromatic rings. The van der Waals surface area contributed by atoms with E-state index < -0.39 is 5.76 Å². The normalized spacial score (nSPS) is 12.7. The number of nitrogens with one attached hydrogen (secondary N) is 1. The molecule has 1 N–H and O–H groups in total. The molecular formula is C19H19F2N3OS2. The van der Waals surface area contributed by atoms with Gasteiger partial charge in [0.05, 0.1) is 28.5 Å². The Morgan fingerprint density at radius 1 is 1.22 bits per heavy atom. The number of carbonyl (C=O) groups excluding carboxylic acids is 1. The predicted molar refractivity (Wildman–Crippen MR) is 108 cm³/mol. The minimum absolute atomic E-state index is 0.0427. The number of carbonyl (C=O) groups is 1. The molecule has 1 aromatic heterocycles. The Balaban J connectivity index is 1.65. The van der Waals surface area contributed by atoms with E-state index in [0.717, 1.165) is 15.2 Å². The van der Waals surface area contributed by atoms with Gasteiger partial charge in [-0.3, -0.25) is 9.69 Å². The van der Waals surface area contributed by atoms with Crippen molar-refractivity contribution >= 4 is 44.9 Å². The number of thiazole rings is 1. The molecule has 0 bridgehead atoms. The summed E-state index contributed by atoms with van der Waals surface area (Å²) in [5, 5.41) is 3.66. The van der Waals surface area contributed by atoms with Crippen molar-refractivity contribution in [3.8, 4) is 0 Å². The second-order valence-electron chi connectivity index (χ2n) is 6.03. The fraction of sp³-hybridized carbons (Fsp3) is 0.263. The van der Waals surface area contributed by atoms with Gasteiger partial charge in [-0.25, -0.2) is 4.98 Å². The summed E-state index contributed by atoms with van der Waals surface area (Å²) in [7, 11) is 1.84. The van der Waals surface area contributed by atoms with Gasteiger partial charge in [-0.2, -0.15) is 8.78 Å². The third-order valence-corrected chi connectivity index (χ3v) is 6.09. The summed E-state index contributed by atoms with van der Waals surface area (Å²) in [6.07, 6.45) is 0. The number of hydrogen-bond acceptors (Lipinski definition) is 5. The first-order valence-electron chi connectivity index (χ1n) is 8.33. The number of para-hydroxylation sites is 2. The van der Waals surface area contributed by atoms with Crippen LogP contribution < -0.4 is 5.32 Å². The number of hydrogen-bond donors (Lipinski definition) is 1. The molecule has 4 nitrogen and oxygen atoms in total. The van der Waals surface area contributed by atoms with Crippen LogP contribution in [0.15, 0.2) is 53.4 Å². The maximum Gasteiger partial charge on any atom is 0.288 e. The molecule has 0 unspecified atom stereocenters. The second-order valence-corrected chi connectivity index (χ2v) is 8.13. The molecule has 1 amide bonds. The van der Waals surface area contributed by atoms with Crippen LogP contribution in [0, 0.1) is 0 Å². The van der Waals surface area contributed by atoms with Crippen molar-refractivity contribution in [2.45, 2.75) is 23.6 Å². The van der Waals surface area contributed by atoms with Crippen LogP contribution in [0.5, 0.6) is 0 Å². The highest BCUT2D eigenvalue weighted by Crippen LogP contribution is 2.32. The van der Waals surface area contributed by atoms with Gasteiger partial charge in [0.2, 0.25) is 5.91 Å². The zero-order chi connectivity index (χ0) is 19.4. The van der Waals surface area contributed by atoms with E-state index in [0.29, 0.717) is 22.3 Å². The molecule has 2 aromatic carbocycles. The van der Waals surface area contributed by atoms with Crippen molar-refractivity contribution in [3.05, 3.63) is 53.5 Å². The first kappa shape index (κ1) is 19.7. The van der Waals surface area contributed by atoms with E-state index >= 15 is 0 Å². The third kappa shape index (κ3) is 5.03. The second kappa shape index (κ2) is 8.77. The summed E-state index contributed by atoms with van der Waals surface area (Å²) in [5.41, 5.74) is 1.34. The summed E-state index contributed by atoms with van der Waals surface area (Å²) >= 11 is 2.02. The number of likely N-dealkylation sites (N-methyl/N-ethyl adjacent to an activating group) is 1. The van der Waals surface area contributed by atoms with Crippen LogP contribution in [0.25, 0.3) is 10.2 Å². The highest BCUT2D eigenvalue weighted by atomic mass is 32.2. The van der Waals surface area contributed by atoms with Crippen LogP contribution in [-0.4, -0.2) is 35.1 Å². The van der Waals surface area contributed by atoms with Crippen LogP contribution in [0.4, 0.5) is 14.5 Å². The summed E-state index contributed by atoms with van der Waals surface area (Å²) in [6, 6.07) is 14.4. The Morgan fingerprint density at radius 2 is 1.93 bits per heavy atom. The summed E-state index contributed by atoms with van der Waals surface area (Å²) in [4.78, 5) is 19.3. The third-order valence-electron chi connectivity index (χ3n) is 4.10. The van der Waals surface area contributed by atoms with Crippen molar-refractivity contribution in [3.63, 3.8) is 0 Å². The van der Waals surface area contributed by atoms with Crippen molar-refractivity contribution in [2.75, 3.05) is 18.9 Å². The summed E-state index contributed by atoms with van der Waals surface area (Å²) < 4.78 is 26.4. The Morgan fingerprint density at radius 3 is 2.67 bits per heavy atom. The maximum absolute atomic E-state index is 12.7. The fourth-order valence-electron chi connectivity index (χ4n) is 2.58. The molecule has 8 heteroatoms. The Bertz CT molecular complexity index is 899. The zero-order valence-electron chi connectivity index (χ0n) is 14.9. The molecule has 0 spiro atoms. The molecule has 27 heavy (non-hydrogen) atoms. The average molecular weight is 408 g/mol. The average Bonchev–Trinajstić information content (AvgIpc) is 3.06. The number of anilines is 1. The van der Waals surface area contributed by atoms with Crippen molar-refractivity contribution < 1.29 is 13.6 Å². The van der Waals surface area contributed by atoms with Crippen molar-refractivity contribution in [1.29, 1.82) is 0 Å². The van der Waals surface area contributed by atoms with Gasteiger partial charge in [-0.1, -0.05) is 36.0 Å².